The molecule has 8 aliphatic rings. The highest BCUT2D eigenvalue weighted by Crippen LogP contribution is 2.48. The summed E-state index contributed by atoms with van der Waals surface area (Å²) >= 11 is 4.30. The van der Waals surface area contributed by atoms with Crippen LogP contribution in [0.15, 0.2) is 33.1 Å². The maximum Gasteiger partial charge on any atom is 0.296 e. The summed E-state index contributed by atoms with van der Waals surface area (Å²) < 4.78 is 0. The SMILES string of the molecule is C1=C2C(=[S+]/C1=C1\C=C3C(=[S+]1)C1CCC3CC1)C1CCC2CC1. The van der Waals surface area contributed by atoms with E-state index in [2.05, 4.69) is 34.9 Å². The van der Waals surface area contributed by atoms with Crippen molar-refractivity contribution in [2.45, 2.75) is 51.4 Å². The van der Waals surface area contributed by atoms with Gasteiger partial charge in [0.1, 0.15) is 0 Å². The second kappa shape index (κ2) is 4.48. The summed E-state index contributed by atoms with van der Waals surface area (Å²) in [6.45, 7) is 0. The Kier molecular flexibility index (Phi) is 2.60. The highest BCUT2D eigenvalue weighted by atomic mass is 32.1. The first-order valence-electron chi connectivity index (χ1n) is 9.14. The van der Waals surface area contributed by atoms with E-state index in [0.29, 0.717) is 0 Å². The van der Waals surface area contributed by atoms with E-state index in [9.17, 15) is 0 Å². The van der Waals surface area contributed by atoms with Gasteiger partial charge in [0.05, 0.1) is 0 Å². The Morgan fingerprint density at radius 2 is 0.909 bits per heavy atom. The monoisotopic (exact) mass is 326 g/mol. The molecule has 112 valence electrons. The molecular weight excluding hydrogens is 304 g/mol. The predicted octanol–water partition coefficient (Wildman–Crippen LogP) is 4.23. The van der Waals surface area contributed by atoms with Crippen molar-refractivity contribution >= 4 is 32.4 Å². The van der Waals surface area contributed by atoms with Crippen molar-refractivity contribution in [1.82, 2.24) is 0 Å². The molecule has 2 aliphatic heterocycles. The Morgan fingerprint density at radius 1 is 0.545 bits per heavy atom. The number of hydrogen-bond acceptors (Lipinski definition) is 0. The Morgan fingerprint density at radius 3 is 1.27 bits per heavy atom. The minimum Gasteiger partial charge on any atom is -0.0454 e. The van der Waals surface area contributed by atoms with Crippen molar-refractivity contribution in [2.24, 2.45) is 23.7 Å². The minimum absolute atomic E-state index is 0.899. The summed E-state index contributed by atoms with van der Waals surface area (Å²) in [5, 5.41) is 0. The van der Waals surface area contributed by atoms with Crippen molar-refractivity contribution in [2.75, 3.05) is 0 Å². The van der Waals surface area contributed by atoms with Crippen molar-refractivity contribution in [1.29, 1.82) is 0 Å². The first-order chi connectivity index (χ1) is 10.9. The molecule has 0 aromatic rings. The average molecular weight is 327 g/mol. The summed E-state index contributed by atoms with van der Waals surface area (Å²) in [5.74, 6) is 3.61. The van der Waals surface area contributed by atoms with Crippen LogP contribution >= 0.6 is 0 Å². The Balaban J connectivity index is 1.47. The molecule has 6 aliphatic carbocycles. The lowest BCUT2D eigenvalue weighted by Crippen LogP contribution is -2.33. The molecule has 0 aromatic carbocycles. The Hall–Kier alpha value is -0.600. The zero-order chi connectivity index (χ0) is 14.3. The van der Waals surface area contributed by atoms with Gasteiger partial charge in [-0.25, -0.2) is 0 Å². The molecule has 6 fully saturated rings. The lowest BCUT2D eigenvalue weighted by molar-refractivity contribution is 0.339. The van der Waals surface area contributed by atoms with E-state index < -0.39 is 0 Å². The average Bonchev–Trinajstić information content (AvgIpc) is 3.23. The van der Waals surface area contributed by atoms with Crippen molar-refractivity contribution in [3.8, 4) is 0 Å². The molecule has 0 amide bonds. The van der Waals surface area contributed by atoms with E-state index in [1.54, 1.807) is 30.7 Å². The first kappa shape index (κ1) is 12.8. The van der Waals surface area contributed by atoms with Crippen molar-refractivity contribution in [3.05, 3.63) is 33.1 Å². The molecule has 0 aromatic heterocycles. The Bertz CT molecular complexity index is 593. The molecule has 0 radical (unpaired) electrons. The predicted molar refractivity (Wildman–Crippen MR) is 98.8 cm³/mol. The van der Waals surface area contributed by atoms with Crippen LogP contribution in [0.2, 0.25) is 0 Å². The molecule has 0 unspecified atom stereocenters. The molecule has 2 heterocycles. The smallest absolute Gasteiger partial charge is 0.0454 e. The van der Waals surface area contributed by atoms with Crippen LogP contribution in [0.5, 0.6) is 0 Å². The van der Waals surface area contributed by atoms with E-state index in [1.165, 1.54) is 51.4 Å². The highest BCUT2D eigenvalue weighted by Gasteiger charge is 2.50. The normalized spacial score (nSPS) is 44.4. The number of allylic oxidation sites excluding steroid dienone is 4. The lowest BCUT2D eigenvalue weighted by atomic mass is 9.67. The van der Waals surface area contributed by atoms with Gasteiger partial charge in [-0.1, -0.05) is 0 Å². The minimum atomic E-state index is 0.899. The van der Waals surface area contributed by atoms with Crippen LogP contribution in [-0.4, -0.2) is 9.73 Å². The van der Waals surface area contributed by atoms with E-state index in [-0.39, 0.29) is 0 Å². The molecule has 6 saturated carbocycles. The molecule has 2 heteroatoms. The van der Waals surface area contributed by atoms with Crippen molar-refractivity contribution < 1.29 is 0 Å². The van der Waals surface area contributed by atoms with Gasteiger partial charge in [-0.2, -0.15) is 0 Å². The topological polar surface area (TPSA) is 0 Å². The van der Waals surface area contributed by atoms with Crippen LogP contribution in [0.25, 0.3) is 0 Å². The largest absolute Gasteiger partial charge is 0.296 e. The third kappa shape index (κ3) is 1.63. The van der Waals surface area contributed by atoms with Gasteiger partial charge in [0.15, 0.2) is 0 Å². The van der Waals surface area contributed by atoms with E-state index in [1.807, 2.05) is 0 Å². The fourth-order valence-electron chi connectivity index (χ4n) is 5.69. The summed E-state index contributed by atoms with van der Waals surface area (Å²) in [6.07, 6.45) is 16.9. The van der Waals surface area contributed by atoms with Crippen molar-refractivity contribution in [3.63, 3.8) is 0 Å². The van der Waals surface area contributed by atoms with Crippen LogP contribution in [0.4, 0.5) is 0 Å². The standard InChI is InChI=1S/C20H22S2/c1-5-13-6-2-11(1)15-9-17(21-19(13)15)18-10-16-12-3-7-14(8-4-12)20(16)22-18/h9-14H,1-8H2/q+2/b18-17+. The van der Waals surface area contributed by atoms with E-state index in [4.69, 9.17) is 0 Å². The highest BCUT2D eigenvalue weighted by molar-refractivity contribution is 7.88. The van der Waals surface area contributed by atoms with Gasteiger partial charge in [-0.05, 0) is 63.2 Å². The molecule has 0 atom stereocenters. The van der Waals surface area contributed by atoms with Crippen LogP contribution in [0, 0.1) is 23.7 Å². The van der Waals surface area contributed by atoms with Gasteiger partial charge < -0.3 is 0 Å². The fraction of sp³-hybridized carbons (Fsp3) is 0.600. The molecule has 8 rings (SSSR count). The second-order valence-corrected chi connectivity index (χ2v) is 10.1. The molecule has 0 spiro atoms. The first-order valence-corrected chi connectivity index (χ1v) is 10.8. The third-order valence-electron chi connectivity index (χ3n) is 6.90. The molecule has 0 nitrogen and oxygen atoms in total. The number of hydrogen-bond donors (Lipinski definition) is 0. The van der Waals surface area contributed by atoms with Gasteiger partial charge in [-0.3, -0.25) is 0 Å². The lowest BCUT2D eigenvalue weighted by Gasteiger charge is -2.34. The molecule has 22 heavy (non-hydrogen) atoms. The van der Waals surface area contributed by atoms with Gasteiger partial charge >= 0.3 is 0 Å². The summed E-state index contributed by atoms with van der Waals surface area (Å²) in [6, 6.07) is 0. The second-order valence-electron chi connectivity index (χ2n) is 7.96. The molecule has 0 N–H and O–H groups in total. The van der Waals surface area contributed by atoms with Crippen LogP contribution < -0.4 is 0 Å². The number of rotatable bonds is 0. The third-order valence-corrected chi connectivity index (χ3v) is 9.72. The molecular formula is C20H22S2+2. The van der Waals surface area contributed by atoms with Gasteiger partial charge in [-0.15, -0.1) is 0 Å². The summed E-state index contributed by atoms with van der Waals surface area (Å²) in [4.78, 5) is 6.74. The molecule has 0 saturated heterocycles. The zero-order valence-electron chi connectivity index (χ0n) is 12.9. The van der Waals surface area contributed by atoms with Gasteiger partial charge in [0, 0.05) is 35.1 Å². The quantitative estimate of drug-likeness (QED) is 0.462. The van der Waals surface area contributed by atoms with Crippen LogP contribution in [0.1, 0.15) is 51.4 Å². The Labute approximate surface area is 140 Å². The molecule has 4 bridgehead atoms. The number of fused-ring (bicyclic) bond motifs is 4. The zero-order valence-corrected chi connectivity index (χ0v) is 14.6. The maximum atomic E-state index is 2.59. The van der Waals surface area contributed by atoms with Crippen LogP contribution in [-0.2, 0) is 22.7 Å². The van der Waals surface area contributed by atoms with E-state index >= 15 is 0 Å². The van der Waals surface area contributed by atoms with Gasteiger partial charge in [0.2, 0.25) is 32.4 Å². The summed E-state index contributed by atoms with van der Waals surface area (Å²) in [5.41, 5.74) is 3.49. The summed E-state index contributed by atoms with van der Waals surface area (Å²) in [7, 11) is 0. The fourth-order valence-corrected chi connectivity index (χ4v) is 8.60. The van der Waals surface area contributed by atoms with Crippen LogP contribution in [0.3, 0.4) is 0 Å². The van der Waals surface area contributed by atoms with E-state index in [0.717, 1.165) is 23.7 Å². The van der Waals surface area contributed by atoms with Gasteiger partial charge in [0.25, 0.3) is 9.81 Å². The maximum absolute atomic E-state index is 2.59.